The van der Waals surface area contributed by atoms with Crippen LogP contribution in [0.15, 0.2) is 53.1 Å². The second-order valence-corrected chi connectivity index (χ2v) is 9.32. The number of thiophene rings is 1. The number of amides is 1. The number of rotatable bonds is 6. The summed E-state index contributed by atoms with van der Waals surface area (Å²) in [4.78, 5) is 22.3. The van der Waals surface area contributed by atoms with E-state index in [0.29, 0.717) is 21.5 Å². The lowest BCUT2D eigenvalue weighted by atomic mass is 10.1. The van der Waals surface area contributed by atoms with Crippen LogP contribution in [-0.2, 0) is 4.79 Å². The zero-order valence-corrected chi connectivity index (χ0v) is 19.8. The third-order valence-electron chi connectivity index (χ3n) is 4.59. The van der Waals surface area contributed by atoms with Crippen LogP contribution in [0, 0.1) is 6.92 Å². The van der Waals surface area contributed by atoms with Crippen molar-refractivity contribution in [3.8, 4) is 16.9 Å². The molecule has 0 atom stereocenters. The molecule has 9 heteroatoms. The Kier molecular flexibility index (Phi) is 6.67. The highest BCUT2D eigenvalue weighted by Gasteiger charge is 2.16. The first-order valence-corrected chi connectivity index (χ1v) is 11.8. The predicted molar refractivity (Wildman–Crippen MR) is 130 cm³/mol. The van der Waals surface area contributed by atoms with Gasteiger partial charge in [-0.1, -0.05) is 47.1 Å². The molecule has 2 aromatic carbocycles. The van der Waals surface area contributed by atoms with Gasteiger partial charge in [-0.2, -0.15) is 0 Å². The van der Waals surface area contributed by atoms with E-state index >= 15 is 0 Å². The number of halogens is 2. The summed E-state index contributed by atoms with van der Waals surface area (Å²) in [5.41, 5.74) is 3.49. The third kappa shape index (κ3) is 4.80. The molecule has 0 radical (unpaired) electrons. The number of nitrogens with zero attached hydrogens (tertiary/aromatic N) is 2. The lowest BCUT2D eigenvalue weighted by molar-refractivity contribution is -0.113. The molecule has 5 nitrogen and oxygen atoms in total. The normalized spacial score (nSPS) is 11.0. The first kappa shape index (κ1) is 21.9. The number of carbonyl (C=O) groups is 1. The van der Waals surface area contributed by atoms with Crippen molar-refractivity contribution in [1.29, 1.82) is 0 Å². The Labute approximate surface area is 197 Å². The Balaban J connectivity index is 1.56. The van der Waals surface area contributed by atoms with Crippen LogP contribution in [0.1, 0.15) is 5.56 Å². The van der Waals surface area contributed by atoms with Crippen molar-refractivity contribution >= 4 is 68.1 Å². The van der Waals surface area contributed by atoms with Gasteiger partial charge >= 0.3 is 0 Å². The second-order valence-electron chi connectivity index (χ2n) is 6.65. The van der Waals surface area contributed by atoms with Crippen LogP contribution in [0.25, 0.3) is 21.3 Å². The highest BCUT2D eigenvalue weighted by molar-refractivity contribution is 8.00. The van der Waals surface area contributed by atoms with E-state index in [1.54, 1.807) is 23.5 Å². The fourth-order valence-electron chi connectivity index (χ4n) is 3.05. The monoisotopic (exact) mass is 489 g/mol. The molecular formula is C22H17Cl2N3O2S2. The largest absolute Gasteiger partial charge is 0.495 e. The summed E-state index contributed by atoms with van der Waals surface area (Å²) in [7, 11) is 1.54. The van der Waals surface area contributed by atoms with E-state index in [4.69, 9.17) is 27.9 Å². The maximum Gasteiger partial charge on any atom is 0.234 e. The van der Waals surface area contributed by atoms with E-state index in [2.05, 4.69) is 15.3 Å². The molecule has 0 fully saturated rings. The summed E-state index contributed by atoms with van der Waals surface area (Å²) in [6, 6.07) is 11.1. The number of nitrogens with one attached hydrogen (secondary N) is 1. The van der Waals surface area contributed by atoms with Gasteiger partial charge < -0.3 is 10.1 Å². The van der Waals surface area contributed by atoms with Crippen LogP contribution in [-0.4, -0.2) is 28.7 Å². The van der Waals surface area contributed by atoms with Gasteiger partial charge in [-0.05, 0) is 36.2 Å². The second kappa shape index (κ2) is 9.44. The quantitative estimate of drug-likeness (QED) is 0.240. The minimum absolute atomic E-state index is 0.167. The van der Waals surface area contributed by atoms with Crippen molar-refractivity contribution in [1.82, 2.24) is 9.97 Å². The topological polar surface area (TPSA) is 64.1 Å². The van der Waals surface area contributed by atoms with Gasteiger partial charge in [0.05, 0.1) is 23.9 Å². The molecule has 2 aromatic heterocycles. The van der Waals surface area contributed by atoms with Gasteiger partial charge in [0.15, 0.2) is 0 Å². The molecule has 2 heterocycles. The number of benzene rings is 2. The smallest absolute Gasteiger partial charge is 0.234 e. The number of hydrogen-bond donors (Lipinski definition) is 1. The highest BCUT2D eigenvalue weighted by atomic mass is 35.5. The van der Waals surface area contributed by atoms with Crippen molar-refractivity contribution < 1.29 is 9.53 Å². The van der Waals surface area contributed by atoms with Gasteiger partial charge in [0.25, 0.3) is 0 Å². The number of aromatic nitrogens is 2. The number of aryl methyl sites for hydroxylation is 1. The van der Waals surface area contributed by atoms with Crippen LogP contribution >= 0.6 is 46.3 Å². The Morgan fingerprint density at radius 3 is 2.71 bits per heavy atom. The third-order valence-corrected chi connectivity index (χ3v) is 7.12. The number of hydrogen-bond acceptors (Lipinski definition) is 6. The van der Waals surface area contributed by atoms with Gasteiger partial charge in [0, 0.05) is 27.1 Å². The number of anilines is 1. The lowest BCUT2D eigenvalue weighted by Gasteiger charge is -2.12. The molecule has 0 spiro atoms. The van der Waals surface area contributed by atoms with Gasteiger partial charge in [0.2, 0.25) is 5.91 Å². The minimum Gasteiger partial charge on any atom is -0.495 e. The van der Waals surface area contributed by atoms with Gasteiger partial charge in [-0.25, -0.2) is 9.97 Å². The highest BCUT2D eigenvalue weighted by Crippen LogP contribution is 2.38. The fraction of sp³-hybridized carbons (Fsp3) is 0.136. The zero-order chi connectivity index (χ0) is 22.0. The molecule has 0 bridgehead atoms. The summed E-state index contributed by atoms with van der Waals surface area (Å²) in [6.07, 6.45) is 1.52. The number of ether oxygens (including phenoxy) is 1. The Morgan fingerprint density at radius 2 is 1.97 bits per heavy atom. The van der Waals surface area contributed by atoms with Crippen molar-refractivity contribution in [2.75, 3.05) is 18.2 Å². The van der Waals surface area contributed by atoms with Gasteiger partial charge in [-0.3, -0.25) is 4.79 Å². The molecule has 158 valence electrons. The Hall–Kier alpha value is -2.32. The number of methoxy groups -OCH3 is 1. The first-order valence-electron chi connectivity index (χ1n) is 9.21. The van der Waals surface area contributed by atoms with E-state index < -0.39 is 0 Å². The average Bonchev–Trinajstić information content (AvgIpc) is 3.20. The molecule has 0 aliphatic rings. The minimum atomic E-state index is -0.167. The standard InChI is InChI=1S/C22H17Cl2N3O2S2/c1-12-7-17(18(29-2)8-16(12)24)27-19(28)10-31-22-20-15(9-30-21(20)25-11-26-22)13-3-5-14(23)6-4-13/h3-9,11H,10H2,1-2H3,(H,27,28). The maximum absolute atomic E-state index is 12.6. The van der Waals surface area contributed by atoms with Crippen LogP contribution < -0.4 is 10.1 Å². The molecule has 31 heavy (non-hydrogen) atoms. The lowest BCUT2D eigenvalue weighted by Crippen LogP contribution is -2.15. The van der Waals surface area contributed by atoms with Crippen LogP contribution in [0.3, 0.4) is 0 Å². The van der Waals surface area contributed by atoms with Gasteiger partial charge in [-0.15, -0.1) is 11.3 Å². The number of fused-ring (bicyclic) bond motifs is 1. The van der Waals surface area contributed by atoms with Crippen LogP contribution in [0.2, 0.25) is 10.0 Å². The Bertz CT molecular complexity index is 1260. The zero-order valence-electron chi connectivity index (χ0n) is 16.6. The van der Waals surface area contributed by atoms with E-state index in [-0.39, 0.29) is 11.7 Å². The van der Waals surface area contributed by atoms with Crippen LogP contribution in [0.4, 0.5) is 5.69 Å². The van der Waals surface area contributed by atoms with Crippen molar-refractivity contribution in [3.05, 3.63) is 63.7 Å². The molecular weight excluding hydrogens is 473 g/mol. The summed E-state index contributed by atoms with van der Waals surface area (Å²) in [6.45, 7) is 1.87. The molecule has 0 aliphatic carbocycles. The number of thioether (sulfide) groups is 1. The summed E-state index contributed by atoms with van der Waals surface area (Å²) >= 11 is 15.1. The molecule has 0 saturated heterocycles. The molecule has 4 aromatic rings. The van der Waals surface area contributed by atoms with Crippen LogP contribution in [0.5, 0.6) is 5.75 Å². The van der Waals surface area contributed by atoms with Gasteiger partial charge in [0.1, 0.15) is 21.9 Å². The van der Waals surface area contributed by atoms with Crippen molar-refractivity contribution in [2.24, 2.45) is 0 Å². The van der Waals surface area contributed by atoms with E-state index in [9.17, 15) is 4.79 Å². The van der Waals surface area contributed by atoms with Crippen molar-refractivity contribution in [2.45, 2.75) is 11.9 Å². The predicted octanol–water partition coefficient (Wildman–Crippen LogP) is 6.71. The van der Waals surface area contributed by atoms with Crippen molar-refractivity contribution in [3.63, 3.8) is 0 Å². The summed E-state index contributed by atoms with van der Waals surface area (Å²) in [5, 5.41) is 7.90. The Morgan fingerprint density at radius 1 is 1.19 bits per heavy atom. The SMILES string of the molecule is COc1cc(Cl)c(C)cc1NC(=O)CSc1ncnc2scc(-c3ccc(Cl)cc3)c12. The molecule has 4 rings (SSSR count). The first-order chi connectivity index (χ1) is 15.0. The molecule has 0 unspecified atom stereocenters. The summed E-state index contributed by atoms with van der Waals surface area (Å²) in [5.74, 6) is 0.536. The summed E-state index contributed by atoms with van der Waals surface area (Å²) < 4.78 is 5.33. The van der Waals surface area contributed by atoms with E-state index in [0.717, 1.165) is 31.9 Å². The molecule has 1 N–H and O–H groups in total. The molecule has 0 saturated carbocycles. The fourth-order valence-corrected chi connectivity index (χ4v) is 5.12. The molecule has 1 amide bonds. The average molecular weight is 490 g/mol. The molecule has 0 aliphatic heterocycles. The maximum atomic E-state index is 12.6. The number of carbonyl (C=O) groups excluding carboxylic acids is 1. The van der Waals surface area contributed by atoms with E-state index in [1.165, 1.54) is 25.2 Å². The van der Waals surface area contributed by atoms with E-state index in [1.807, 2.05) is 36.6 Å².